The normalized spacial score (nSPS) is 14.4. The number of halogens is 1. The molecule has 0 unspecified atom stereocenters. The van der Waals surface area contributed by atoms with E-state index in [1.165, 1.54) is 26.4 Å². The number of hydrogen-bond acceptors (Lipinski definition) is 7. The molecule has 0 radical (unpaired) electrons. The third-order valence-electron chi connectivity index (χ3n) is 6.88. The number of piperidine rings is 1. The van der Waals surface area contributed by atoms with Gasteiger partial charge in [-0.2, -0.15) is 0 Å². The van der Waals surface area contributed by atoms with Gasteiger partial charge in [-0.3, -0.25) is 14.9 Å². The smallest absolute Gasteiger partial charge is 0.269 e. The number of nitrogens with zero attached hydrogens (tertiary/aromatic N) is 2. The lowest BCUT2D eigenvalue weighted by atomic mass is 9.96. The second-order valence-corrected chi connectivity index (χ2v) is 9.99. The number of unbranched alkanes of at least 4 members (excludes halogenated alkanes) is 3. The summed E-state index contributed by atoms with van der Waals surface area (Å²) in [6, 6.07) is 9.83. The average molecular weight is 532 g/mol. The largest absolute Gasteiger partial charge is 0.496 e. The van der Waals surface area contributed by atoms with Crippen molar-refractivity contribution in [2.24, 2.45) is 5.92 Å². The summed E-state index contributed by atoms with van der Waals surface area (Å²) in [5.41, 5.74) is 7.78. The number of carbonyl (C=O) groups excluding carboxylic acids is 1. The number of nitro groups is 1. The van der Waals surface area contributed by atoms with Crippen molar-refractivity contribution >= 4 is 28.9 Å². The molecule has 1 saturated heterocycles. The lowest BCUT2D eigenvalue weighted by Crippen LogP contribution is -2.39. The molecule has 0 saturated carbocycles. The van der Waals surface area contributed by atoms with Crippen LogP contribution in [0.5, 0.6) is 5.75 Å². The first-order chi connectivity index (χ1) is 17.9. The Morgan fingerprint density at radius 1 is 1.16 bits per heavy atom. The molecule has 1 heterocycles. The highest BCUT2D eigenvalue weighted by atomic mass is 35.5. The molecule has 0 atom stereocenters. The fraction of sp³-hybridized carbons (Fsp3) is 0.519. The summed E-state index contributed by atoms with van der Waals surface area (Å²) in [4.78, 5) is 25.5. The molecule has 2 aromatic carbocycles. The van der Waals surface area contributed by atoms with Crippen LogP contribution in [0.2, 0.25) is 5.02 Å². The second kappa shape index (κ2) is 14.8. The Labute approximate surface area is 223 Å². The maximum Gasteiger partial charge on any atom is 0.269 e. The molecular formula is C27H38ClN5O4. The molecule has 3 rings (SSSR count). The average Bonchev–Trinajstić information content (AvgIpc) is 2.91. The number of nitrogens with two attached hydrogens (primary N) is 1. The van der Waals surface area contributed by atoms with Crippen molar-refractivity contribution in [3.63, 3.8) is 0 Å². The van der Waals surface area contributed by atoms with E-state index in [9.17, 15) is 14.9 Å². The number of benzene rings is 2. The molecule has 9 nitrogen and oxygen atoms in total. The highest BCUT2D eigenvalue weighted by Crippen LogP contribution is 2.29. The molecule has 1 aliphatic rings. The van der Waals surface area contributed by atoms with E-state index in [1.807, 2.05) is 0 Å². The summed E-state index contributed by atoms with van der Waals surface area (Å²) in [6.45, 7) is 5.57. The highest BCUT2D eigenvalue weighted by molar-refractivity contribution is 6.33. The molecule has 2 aromatic rings. The number of hydrogen-bond donors (Lipinski definition) is 3. The minimum atomic E-state index is -0.377. The monoisotopic (exact) mass is 531 g/mol. The molecule has 1 aliphatic heterocycles. The van der Waals surface area contributed by atoms with Gasteiger partial charge in [-0.1, -0.05) is 36.6 Å². The number of rotatable bonds is 14. The minimum absolute atomic E-state index is 0.126. The lowest BCUT2D eigenvalue weighted by Gasteiger charge is -2.32. The summed E-state index contributed by atoms with van der Waals surface area (Å²) in [5, 5.41) is 17.5. The van der Waals surface area contributed by atoms with E-state index >= 15 is 0 Å². The Morgan fingerprint density at radius 2 is 1.86 bits per heavy atom. The SMILES string of the molecule is COc1cc(N)c(Cl)cc1C(=O)NCC1CCN(CCCCCCNCc2ccc([N+](=O)[O-])cc2)CC1. The van der Waals surface area contributed by atoms with Crippen molar-refractivity contribution in [3.8, 4) is 5.75 Å². The van der Waals surface area contributed by atoms with Gasteiger partial charge >= 0.3 is 0 Å². The van der Waals surface area contributed by atoms with E-state index in [0.717, 1.165) is 57.5 Å². The van der Waals surface area contributed by atoms with Crippen LogP contribution >= 0.6 is 11.6 Å². The van der Waals surface area contributed by atoms with Gasteiger partial charge in [-0.25, -0.2) is 0 Å². The van der Waals surface area contributed by atoms with Crippen molar-refractivity contribution in [2.45, 2.75) is 45.1 Å². The van der Waals surface area contributed by atoms with Gasteiger partial charge in [0.2, 0.25) is 0 Å². The van der Waals surface area contributed by atoms with Crippen molar-refractivity contribution in [3.05, 3.63) is 62.7 Å². The van der Waals surface area contributed by atoms with Crippen LogP contribution in [0.3, 0.4) is 0 Å². The van der Waals surface area contributed by atoms with E-state index in [-0.39, 0.29) is 16.5 Å². The number of nitro benzene ring substituents is 1. The standard InChI is InChI=1S/C27H38ClN5O4/c1-37-26-17-25(29)24(28)16-23(26)27(34)31-19-21-10-14-32(15-11-21)13-5-3-2-4-12-30-18-20-6-8-22(9-7-20)33(35)36/h6-9,16-17,21,30H,2-5,10-15,18-19,29H2,1H3,(H,31,34). The summed E-state index contributed by atoms with van der Waals surface area (Å²) < 4.78 is 5.28. The van der Waals surface area contributed by atoms with Crippen LogP contribution in [0.4, 0.5) is 11.4 Å². The van der Waals surface area contributed by atoms with Crippen molar-refractivity contribution < 1.29 is 14.5 Å². The van der Waals surface area contributed by atoms with Crippen molar-refractivity contribution in [2.75, 3.05) is 45.6 Å². The van der Waals surface area contributed by atoms with Crippen LogP contribution in [0.1, 0.15) is 54.4 Å². The molecule has 0 bridgehead atoms. The Balaban J connectivity index is 1.22. The first-order valence-corrected chi connectivity index (χ1v) is 13.3. The van der Waals surface area contributed by atoms with E-state index in [2.05, 4.69) is 15.5 Å². The molecule has 1 fully saturated rings. The van der Waals surface area contributed by atoms with Crippen LogP contribution in [-0.2, 0) is 6.54 Å². The van der Waals surface area contributed by atoms with Crippen molar-refractivity contribution in [1.29, 1.82) is 0 Å². The number of carbonyl (C=O) groups is 1. The number of ether oxygens (including phenoxy) is 1. The fourth-order valence-electron chi connectivity index (χ4n) is 4.57. The number of amides is 1. The van der Waals surface area contributed by atoms with Crippen LogP contribution < -0.4 is 21.1 Å². The summed E-state index contributed by atoms with van der Waals surface area (Å²) in [5.74, 6) is 0.704. The quantitative estimate of drug-likeness (QED) is 0.140. The fourth-order valence-corrected chi connectivity index (χ4v) is 4.73. The Morgan fingerprint density at radius 3 is 2.54 bits per heavy atom. The number of likely N-dealkylation sites (tertiary alicyclic amines) is 1. The van der Waals surface area contributed by atoms with Gasteiger partial charge < -0.3 is 26.0 Å². The van der Waals surface area contributed by atoms with Gasteiger partial charge in [-0.15, -0.1) is 0 Å². The Kier molecular flexibility index (Phi) is 11.4. The third-order valence-corrected chi connectivity index (χ3v) is 7.20. The molecule has 1 amide bonds. The molecule has 0 aliphatic carbocycles. The predicted molar refractivity (Wildman–Crippen MR) is 147 cm³/mol. The van der Waals surface area contributed by atoms with E-state index < -0.39 is 0 Å². The van der Waals surface area contributed by atoms with Crippen LogP contribution in [0, 0.1) is 16.0 Å². The van der Waals surface area contributed by atoms with Gasteiger partial charge in [0.25, 0.3) is 11.6 Å². The van der Waals surface area contributed by atoms with E-state index in [1.54, 1.807) is 36.4 Å². The van der Waals surface area contributed by atoms with Crippen molar-refractivity contribution in [1.82, 2.24) is 15.5 Å². The molecule has 37 heavy (non-hydrogen) atoms. The van der Waals surface area contributed by atoms with Crippen LogP contribution in [0.25, 0.3) is 0 Å². The molecule has 4 N–H and O–H groups in total. The zero-order valence-corrected chi connectivity index (χ0v) is 22.3. The number of nitrogens with one attached hydrogen (secondary N) is 2. The molecular weight excluding hydrogens is 494 g/mol. The molecule has 0 aromatic heterocycles. The maximum absolute atomic E-state index is 12.6. The van der Waals surface area contributed by atoms with E-state index in [4.69, 9.17) is 22.1 Å². The highest BCUT2D eigenvalue weighted by Gasteiger charge is 2.21. The summed E-state index contributed by atoms with van der Waals surface area (Å²) in [6.07, 6.45) is 6.87. The van der Waals surface area contributed by atoms with Gasteiger partial charge in [0.05, 0.1) is 28.3 Å². The predicted octanol–water partition coefficient (Wildman–Crippen LogP) is 4.63. The lowest BCUT2D eigenvalue weighted by molar-refractivity contribution is -0.384. The summed E-state index contributed by atoms with van der Waals surface area (Å²) >= 11 is 6.08. The van der Waals surface area contributed by atoms with Gasteiger partial charge in [0.1, 0.15) is 5.75 Å². The molecule has 0 spiro atoms. The molecule has 202 valence electrons. The van der Waals surface area contributed by atoms with E-state index in [0.29, 0.717) is 34.5 Å². The number of non-ortho nitro benzene ring substituents is 1. The minimum Gasteiger partial charge on any atom is -0.496 e. The molecule has 10 heteroatoms. The number of anilines is 1. The first kappa shape index (κ1) is 28.7. The second-order valence-electron chi connectivity index (χ2n) is 9.58. The topological polar surface area (TPSA) is 123 Å². The van der Waals surface area contributed by atoms with Crippen LogP contribution in [-0.4, -0.2) is 55.6 Å². The van der Waals surface area contributed by atoms with Gasteiger partial charge in [-0.05, 0) is 69.4 Å². The third kappa shape index (κ3) is 9.18. The maximum atomic E-state index is 12.6. The zero-order chi connectivity index (χ0) is 26.6. The first-order valence-electron chi connectivity index (χ1n) is 12.9. The Hall–Kier alpha value is -2.88. The van der Waals surface area contributed by atoms with Crippen LogP contribution in [0.15, 0.2) is 36.4 Å². The number of nitrogen functional groups attached to an aromatic ring is 1. The van der Waals surface area contributed by atoms with Gasteiger partial charge in [0.15, 0.2) is 0 Å². The Bertz CT molecular complexity index is 1030. The summed E-state index contributed by atoms with van der Waals surface area (Å²) in [7, 11) is 1.51. The van der Waals surface area contributed by atoms with Gasteiger partial charge in [0, 0.05) is 31.3 Å². The zero-order valence-electron chi connectivity index (χ0n) is 21.5. The number of methoxy groups -OCH3 is 1.